The summed E-state index contributed by atoms with van der Waals surface area (Å²) in [6, 6.07) is 1.21. The van der Waals surface area contributed by atoms with Crippen molar-refractivity contribution >= 4 is 0 Å². The van der Waals surface area contributed by atoms with Crippen molar-refractivity contribution in [1.29, 1.82) is 0 Å². The van der Waals surface area contributed by atoms with Crippen LogP contribution < -0.4 is 10.6 Å². The first kappa shape index (κ1) is 15.2. The summed E-state index contributed by atoms with van der Waals surface area (Å²) in [7, 11) is 0. The molecule has 0 aromatic heterocycles. The molecule has 0 saturated carbocycles. The van der Waals surface area contributed by atoms with E-state index in [9.17, 15) is 0 Å². The highest BCUT2D eigenvalue weighted by atomic mass is 16.7. The maximum Gasteiger partial charge on any atom is 0.163 e. The Kier molecular flexibility index (Phi) is 5.63. The minimum absolute atomic E-state index is 0.194. The molecule has 0 bridgehead atoms. The molecule has 112 valence electrons. The van der Waals surface area contributed by atoms with Crippen LogP contribution in [0.2, 0.25) is 0 Å². The molecular formula is C15H30N2O2. The molecule has 4 heteroatoms. The molecule has 4 nitrogen and oxygen atoms in total. The summed E-state index contributed by atoms with van der Waals surface area (Å²) < 4.78 is 11.4. The number of ether oxygens (including phenoxy) is 2. The normalized spacial score (nSPS) is 33.0. The average molecular weight is 270 g/mol. The van der Waals surface area contributed by atoms with Gasteiger partial charge in [-0.3, -0.25) is 0 Å². The second kappa shape index (κ2) is 7.02. The van der Waals surface area contributed by atoms with Crippen LogP contribution >= 0.6 is 0 Å². The Hall–Kier alpha value is -0.160. The van der Waals surface area contributed by atoms with Crippen molar-refractivity contribution in [2.24, 2.45) is 0 Å². The van der Waals surface area contributed by atoms with Gasteiger partial charge >= 0.3 is 0 Å². The van der Waals surface area contributed by atoms with E-state index in [1.54, 1.807) is 0 Å². The number of hydrogen-bond donors (Lipinski definition) is 2. The van der Waals surface area contributed by atoms with Crippen LogP contribution in [0.5, 0.6) is 0 Å². The van der Waals surface area contributed by atoms with E-state index in [1.807, 2.05) is 13.8 Å². The van der Waals surface area contributed by atoms with Crippen LogP contribution in [0, 0.1) is 0 Å². The zero-order chi connectivity index (χ0) is 13.7. The Bertz CT molecular complexity index is 263. The molecule has 3 unspecified atom stereocenters. The molecule has 0 spiro atoms. The van der Waals surface area contributed by atoms with Crippen molar-refractivity contribution in [3.63, 3.8) is 0 Å². The summed E-state index contributed by atoms with van der Waals surface area (Å²) >= 11 is 0. The number of rotatable bonds is 5. The molecule has 0 aliphatic carbocycles. The Morgan fingerprint density at radius 2 is 2.16 bits per heavy atom. The van der Waals surface area contributed by atoms with Crippen molar-refractivity contribution in [3.8, 4) is 0 Å². The summed E-state index contributed by atoms with van der Waals surface area (Å²) in [4.78, 5) is 0. The molecule has 2 aliphatic rings. The largest absolute Gasteiger partial charge is 0.348 e. The quantitative estimate of drug-likeness (QED) is 0.802. The van der Waals surface area contributed by atoms with Gasteiger partial charge in [-0.1, -0.05) is 12.8 Å². The number of hydrogen-bond acceptors (Lipinski definition) is 4. The van der Waals surface area contributed by atoms with Crippen molar-refractivity contribution in [1.82, 2.24) is 10.6 Å². The molecule has 2 N–H and O–H groups in total. The highest BCUT2D eigenvalue weighted by Crippen LogP contribution is 2.22. The van der Waals surface area contributed by atoms with Gasteiger partial charge in [-0.15, -0.1) is 0 Å². The third kappa shape index (κ3) is 5.38. The molecule has 2 fully saturated rings. The lowest BCUT2D eigenvalue weighted by molar-refractivity contribution is -0.137. The first-order valence-corrected chi connectivity index (χ1v) is 7.84. The van der Waals surface area contributed by atoms with E-state index < -0.39 is 5.79 Å². The Balaban J connectivity index is 1.62. The van der Waals surface area contributed by atoms with Crippen molar-refractivity contribution in [3.05, 3.63) is 0 Å². The molecular weight excluding hydrogens is 240 g/mol. The first-order chi connectivity index (χ1) is 9.05. The Morgan fingerprint density at radius 1 is 1.32 bits per heavy atom. The van der Waals surface area contributed by atoms with Crippen LogP contribution in [0.3, 0.4) is 0 Å². The van der Waals surface area contributed by atoms with Crippen molar-refractivity contribution < 1.29 is 9.47 Å². The third-order valence-electron chi connectivity index (χ3n) is 4.06. The van der Waals surface area contributed by atoms with Crippen LogP contribution in [0.4, 0.5) is 0 Å². The molecule has 2 saturated heterocycles. The van der Waals surface area contributed by atoms with Crippen LogP contribution in [-0.2, 0) is 9.47 Å². The van der Waals surface area contributed by atoms with Gasteiger partial charge in [0, 0.05) is 18.6 Å². The maximum absolute atomic E-state index is 5.81. The molecule has 0 amide bonds. The van der Waals surface area contributed by atoms with Gasteiger partial charge in [0.15, 0.2) is 5.79 Å². The number of nitrogens with one attached hydrogen (secondary N) is 2. The van der Waals surface area contributed by atoms with Gasteiger partial charge in [0.05, 0.1) is 12.7 Å². The van der Waals surface area contributed by atoms with E-state index in [4.69, 9.17) is 9.47 Å². The van der Waals surface area contributed by atoms with Gasteiger partial charge in [0.25, 0.3) is 0 Å². The zero-order valence-electron chi connectivity index (χ0n) is 12.7. The van der Waals surface area contributed by atoms with Gasteiger partial charge in [0.2, 0.25) is 0 Å². The lowest BCUT2D eigenvalue weighted by atomic mass is 10.0. The van der Waals surface area contributed by atoms with E-state index in [0.29, 0.717) is 18.7 Å². The second-order valence-electron chi connectivity index (χ2n) is 6.50. The predicted molar refractivity (Wildman–Crippen MR) is 77.2 cm³/mol. The van der Waals surface area contributed by atoms with Gasteiger partial charge in [-0.2, -0.15) is 0 Å². The highest BCUT2D eigenvalue weighted by Gasteiger charge is 2.32. The van der Waals surface area contributed by atoms with Crippen molar-refractivity contribution in [2.75, 3.05) is 19.7 Å². The lowest BCUT2D eigenvalue weighted by Crippen LogP contribution is -2.40. The molecule has 19 heavy (non-hydrogen) atoms. The van der Waals surface area contributed by atoms with E-state index in [-0.39, 0.29) is 6.10 Å². The summed E-state index contributed by atoms with van der Waals surface area (Å²) in [5.41, 5.74) is 0. The summed E-state index contributed by atoms with van der Waals surface area (Å²) in [5.74, 6) is -0.404. The van der Waals surface area contributed by atoms with Crippen LogP contribution in [0.15, 0.2) is 0 Å². The Morgan fingerprint density at radius 3 is 2.89 bits per heavy atom. The molecule has 2 rings (SSSR count). The first-order valence-electron chi connectivity index (χ1n) is 7.84. The van der Waals surface area contributed by atoms with Gasteiger partial charge in [-0.05, 0) is 46.6 Å². The fourth-order valence-corrected chi connectivity index (χ4v) is 3.01. The molecule has 0 radical (unpaired) electrons. The van der Waals surface area contributed by atoms with Crippen LogP contribution in [-0.4, -0.2) is 43.7 Å². The SMILES string of the molecule is CC(CC1CCCCCN1)NCC1COC(C)(C)O1. The van der Waals surface area contributed by atoms with Crippen molar-refractivity contribution in [2.45, 2.75) is 76.9 Å². The minimum atomic E-state index is -0.404. The third-order valence-corrected chi connectivity index (χ3v) is 4.06. The van der Waals surface area contributed by atoms with E-state index in [1.165, 1.54) is 38.6 Å². The second-order valence-corrected chi connectivity index (χ2v) is 6.50. The summed E-state index contributed by atoms with van der Waals surface area (Å²) in [6.45, 7) is 9.00. The molecule has 3 atom stereocenters. The molecule has 0 aromatic rings. The fourth-order valence-electron chi connectivity index (χ4n) is 3.01. The summed E-state index contributed by atoms with van der Waals surface area (Å²) in [5, 5.41) is 7.24. The lowest BCUT2D eigenvalue weighted by Gasteiger charge is -2.23. The van der Waals surface area contributed by atoms with Gasteiger partial charge in [0.1, 0.15) is 0 Å². The average Bonchev–Trinajstić information content (AvgIpc) is 2.55. The monoisotopic (exact) mass is 270 g/mol. The van der Waals surface area contributed by atoms with E-state index in [2.05, 4.69) is 17.6 Å². The smallest absolute Gasteiger partial charge is 0.163 e. The highest BCUT2D eigenvalue weighted by molar-refractivity contribution is 4.78. The van der Waals surface area contributed by atoms with Crippen LogP contribution in [0.1, 0.15) is 52.9 Å². The molecule has 0 aromatic carbocycles. The predicted octanol–water partition coefficient (Wildman–Crippen LogP) is 2.04. The van der Waals surface area contributed by atoms with Gasteiger partial charge in [-0.25, -0.2) is 0 Å². The van der Waals surface area contributed by atoms with E-state index in [0.717, 1.165) is 6.54 Å². The van der Waals surface area contributed by atoms with Crippen LogP contribution in [0.25, 0.3) is 0 Å². The Labute approximate surface area is 117 Å². The molecule has 2 heterocycles. The fraction of sp³-hybridized carbons (Fsp3) is 1.00. The van der Waals surface area contributed by atoms with Gasteiger partial charge < -0.3 is 20.1 Å². The topological polar surface area (TPSA) is 42.5 Å². The zero-order valence-corrected chi connectivity index (χ0v) is 12.7. The van der Waals surface area contributed by atoms with E-state index >= 15 is 0 Å². The summed E-state index contributed by atoms with van der Waals surface area (Å²) in [6.07, 6.45) is 6.81. The maximum atomic E-state index is 5.81. The standard InChI is InChI=1S/C15H30N2O2/c1-12(9-13-7-5-4-6-8-16-13)17-10-14-11-18-15(2,3)19-14/h12-14,16-17H,4-11H2,1-3H3. The minimum Gasteiger partial charge on any atom is -0.348 e. The molecule has 2 aliphatic heterocycles.